The first kappa shape index (κ1) is 14.6. The molecule has 0 unspecified atom stereocenters. The molecule has 3 aliphatic heterocycles. The molecule has 3 aromatic heterocycles. The Kier molecular flexibility index (Phi) is 2.67. The molecule has 0 N–H and O–H groups in total. The number of nitrogens with zero attached hydrogens (tertiary/aromatic N) is 3. The fraction of sp³-hybridized carbons (Fsp3) is 0.0196. The summed E-state index contributed by atoms with van der Waals surface area (Å²) in [4.78, 5) is 2.23. The highest BCUT2D eigenvalue weighted by Gasteiger charge is 2.49. The van der Waals surface area contributed by atoms with Crippen molar-refractivity contribution in [2.75, 3.05) is 9.80 Å². The molecule has 264 valence electrons. The van der Waals surface area contributed by atoms with Crippen LogP contribution in [0, 0.1) is 6.92 Å². The average Bonchev–Trinajstić information content (AvgIpc) is 1.29. The van der Waals surface area contributed by atoms with Gasteiger partial charge in [-0.1, -0.05) is 109 Å². The van der Waals surface area contributed by atoms with Gasteiger partial charge in [-0.15, -0.1) is 0 Å². The van der Waals surface area contributed by atoms with Gasteiger partial charge >= 0.3 is 0 Å². The third-order valence-electron chi connectivity index (χ3n) is 10.7. The summed E-state index contributed by atoms with van der Waals surface area (Å²) >= 11 is 0. The Morgan fingerprint density at radius 3 is 2.05 bits per heavy atom. The van der Waals surface area contributed by atoms with E-state index in [1.165, 1.54) is 11.8 Å². The monoisotopic (exact) mass is 754 g/mol. The maximum atomic E-state index is 10.2. The maximum Gasteiger partial charge on any atom is 0.297 e. The summed E-state index contributed by atoms with van der Waals surface area (Å²) in [6, 6.07) is -21.2. The highest BCUT2D eigenvalue weighted by Crippen LogP contribution is 2.54. The molecule has 0 saturated heterocycles. The van der Waals surface area contributed by atoms with Crippen molar-refractivity contribution in [1.82, 2.24) is 4.57 Å². The van der Waals surface area contributed by atoms with Gasteiger partial charge in [-0.2, -0.15) is 0 Å². The normalized spacial score (nSPS) is 20.2. The smallest absolute Gasteiger partial charge is 0.297 e. The van der Waals surface area contributed by atoms with Crippen molar-refractivity contribution in [2.45, 2.75) is 6.92 Å². The molecule has 0 saturated carbocycles. The van der Waals surface area contributed by atoms with E-state index in [4.69, 9.17) is 23.9 Å². The molecule has 6 heterocycles. The van der Waals surface area contributed by atoms with Crippen LogP contribution in [0.25, 0.3) is 71.5 Å². The topological polar surface area (TPSA) is 37.7 Å². The molecule has 3 aliphatic rings. The highest BCUT2D eigenvalue weighted by atomic mass is 16.3. The Morgan fingerprint density at radius 1 is 0.491 bits per heavy atom. The van der Waals surface area contributed by atoms with E-state index in [0.717, 1.165) is 9.47 Å². The van der Waals surface area contributed by atoms with Gasteiger partial charge in [-0.25, -0.2) is 0 Å². The zero-order chi connectivity index (χ0) is 60.6. The van der Waals surface area contributed by atoms with E-state index in [1.54, 1.807) is 0 Å². The zero-order valence-corrected chi connectivity index (χ0v) is 28.7. The molecule has 0 amide bonds. The zero-order valence-electron chi connectivity index (χ0n) is 55.7. The van der Waals surface area contributed by atoms with E-state index in [2.05, 4.69) is 0 Å². The SMILES string of the molecule is [2H]c1c([2H])c([2H])c(-c2c([2H])c([2H])c3oc4c(c3c2[2H])N(c2c([2H])c([2H])c([2H])c3c2oc2c([2H])c([2H])c([2H])c([2H])c23)c2c([2H])c(C)c([2H])c3c2B4c2c([2H])c([2H])c([2H])c4c2N3c2c([2H])c([2H])c([2H])c3c5c([2H])c([2H])c([2H])c([2H])c5n-4c23)c([2H])c1[2H]. The lowest BCUT2D eigenvalue weighted by Crippen LogP contribution is -2.61. The minimum Gasteiger partial charge on any atom is -0.468 e. The molecular weight excluding hydrogens is 697 g/mol. The van der Waals surface area contributed by atoms with Crippen LogP contribution in [0.15, 0.2) is 172 Å². The van der Waals surface area contributed by atoms with Crippen LogP contribution in [0.3, 0.4) is 0 Å². The van der Waals surface area contributed by atoms with E-state index in [0.29, 0.717) is 0 Å². The second-order valence-corrected chi connectivity index (χ2v) is 13.6. The van der Waals surface area contributed by atoms with E-state index in [-0.39, 0.29) is 61.0 Å². The fourth-order valence-electron chi connectivity index (χ4n) is 8.59. The number of anilines is 6. The summed E-state index contributed by atoms with van der Waals surface area (Å²) in [7, 11) is 0. The van der Waals surface area contributed by atoms with Gasteiger partial charge < -0.3 is 23.2 Å². The van der Waals surface area contributed by atoms with E-state index < -0.39 is 237 Å². The molecule has 0 radical (unpaired) electrons. The number of hydrogen-bond acceptors (Lipinski definition) is 4. The van der Waals surface area contributed by atoms with Crippen LogP contribution in [-0.2, 0) is 0 Å². The largest absolute Gasteiger partial charge is 0.468 e. The quantitative estimate of drug-likeness (QED) is 0.165. The Hall–Kier alpha value is -7.44. The molecule has 14 rings (SSSR count). The summed E-state index contributed by atoms with van der Waals surface area (Å²) in [6.45, 7) is -0.498. The first-order valence-corrected chi connectivity index (χ1v) is 17.4. The number of rotatable bonds is 2. The number of para-hydroxylation sites is 5. The summed E-state index contributed by atoms with van der Waals surface area (Å²) in [5, 5.41) is -2.05. The fourth-order valence-corrected chi connectivity index (χ4v) is 8.59. The molecule has 6 heteroatoms. The van der Waals surface area contributed by atoms with Crippen molar-refractivity contribution in [3.63, 3.8) is 0 Å². The van der Waals surface area contributed by atoms with Crippen molar-refractivity contribution in [3.8, 4) is 16.8 Å². The van der Waals surface area contributed by atoms with Crippen molar-refractivity contribution in [3.05, 3.63) is 169 Å². The number of benzene rings is 8. The Labute approximate surface area is 365 Å². The lowest BCUT2D eigenvalue weighted by atomic mass is 9.35. The van der Waals surface area contributed by atoms with Crippen LogP contribution in [-0.4, -0.2) is 11.3 Å². The maximum absolute atomic E-state index is 10.2. The molecule has 5 nitrogen and oxygen atoms in total. The van der Waals surface area contributed by atoms with Crippen molar-refractivity contribution in [2.24, 2.45) is 0 Å². The van der Waals surface area contributed by atoms with E-state index in [9.17, 15) is 21.9 Å². The van der Waals surface area contributed by atoms with Crippen molar-refractivity contribution in [1.29, 1.82) is 0 Å². The molecule has 8 aromatic carbocycles. The predicted molar refractivity (Wildman–Crippen MR) is 236 cm³/mol. The van der Waals surface area contributed by atoms with Gasteiger partial charge in [-0.3, -0.25) is 0 Å². The second-order valence-electron chi connectivity index (χ2n) is 13.6. The third-order valence-corrected chi connectivity index (χ3v) is 10.7. The van der Waals surface area contributed by atoms with Crippen LogP contribution in [0.4, 0.5) is 34.1 Å². The lowest BCUT2D eigenvalue weighted by molar-refractivity contribution is 0.651. The Bertz CT molecular complexity index is 5140. The standard InChI is InChI=1S/C51H30BN3O2/c1-29-26-42-46-43(27-29)55(41-22-10-17-35-33-15-6-8-23-44(33)56-50(35)41)48-36-28-31(30-12-3-2-4-13-30)24-25-45(36)57-51(48)52(46)37-18-11-21-40-49(37)54(42)39-20-9-16-34-32-14-5-7-19-38(32)53(40)47(34)39/h2-28H,1H3/i2D,3D,4D,5D,6D,7D,8D,9D,10D,11D,12D,13D,14D,15D,16D,17D,18D,19D,20D,21D,22D,23D,24D,25D,26D,27D,28D. The summed E-state index contributed by atoms with van der Waals surface area (Å²) in [6.07, 6.45) is 0. The molecule has 0 atom stereocenters. The number of hydrogen-bond donors (Lipinski definition) is 0. The first-order valence-electron chi connectivity index (χ1n) is 30.9. The van der Waals surface area contributed by atoms with Gasteiger partial charge in [0, 0.05) is 38.3 Å². The molecule has 0 spiro atoms. The van der Waals surface area contributed by atoms with Crippen molar-refractivity contribution >= 4 is 112 Å². The first-order chi connectivity index (χ1) is 39.5. The molecular formula is C51H30BN3O2. The molecule has 0 bridgehead atoms. The number of aromatic nitrogens is 1. The van der Waals surface area contributed by atoms with Gasteiger partial charge in [0.15, 0.2) is 5.58 Å². The molecule has 0 aliphatic carbocycles. The van der Waals surface area contributed by atoms with Crippen LogP contribution < -0.4 is 26.4 Å². The minimum atomic E-state index is -1.82. The van der Waals surface area contributed by atoms with Crippen molar-refractivity contribution < 1.29 is 45.8 Å². The van der Waals surface area contributed by atoms with E-state index in [1.807, 2.05) is 0 Å². The average molecular weight is 755 g/mol. The van der Waals surface area contributed by atoms with Gasteiger partial charge in [-0.05, 0) is 88.9 Å². The van der Waals surface area contributed by atoms with Crippen LogP contribution >= 0.6 is 0 Å². The number of fused-ring (bicyclic) bond motifs is 14. The predicted octanol–water partition coefficient (Wildman–Crippen LogP) is 11.8. The second kappa shape index (κ2) is 10.4. The highest BCUT2D eigenvalue weighted by molar-refractivity contribution is 7.00. The summed E-state index contributed by atoms with van der Waals surface area (Å²) < 4.78 is 264. The van der Waals surface area contributed by atoms with Gasteiger partial charge in [0.2, 0.25) is 0 Å². The van der Waals surface area contributed by atoms with Crippen LogP contribution in [0.1, 0.15) is 42.6 Å². The Balaban J connectivity index is 1.27. The number of furan rings is 2. The summed E-state index contributed by atoms with van der Waals surface area (Å²) in [5.41, 5.74) is -8.23. The van der Waals surface area contributed by atoms with E-state index >= 15 is 0 Å². The van der Waals surface area contributed by atoms with Crippen LogP contribution in [0.2, 0.25) is 0 Å². The molecule has 0 fully saturated rings. The van der Waals surface area contributed by atoms with Gasteiger partial charge in [0.05, 0.1) is 82.1 Å². The third kappa shape index (κ3) is 3.66. The van der Waals surface area contributed by atoms with Gasteiger partial charge in [0.25, 0.3) is 6.71 Å². The molecule has 11 aromatic rings. The van der Waals surface area contributed by atoms with Crippen LogP contribution in [0.5, 0.6) is 0 Å². The van der Waals surface area contributed by atoms with Gasteiger partial charge in [0.1, 0.15) is 11.2 Å². The minimum absolute atomic E-state index is 0.226. The lowest BCUT2D eigenvalue weighted by Gasteiger charge is -2.44. The summed E-state index contributed by atoms with van der Waals surface area (Å²) in [5.74, 6) is 0. The molecule has 57 heavy (non-hydrogen) atoms. The Morgan fingerprint density at radius 2 is 1.18 bits per heavy atom.